The molecule has 1 aromatic heterocycles. The lowest BCUT2D eigenvalue weighted by Crippen LogP contribution is -2.33. The number of sulfone groups is 1. The largest absolute Gasteiger partial charge is 0.501 e. The van der Waals surface area contributed by atoms with Gasteiger partial charge in [0.25, 0.3) is 15.7 Å². The van der Waals surface area contributed by atoms with E-state index < -0.39 is 38.2 Å². The second kappa shape index (κ2) is 10.1. The highest BCUT2D eigenvalue weighted by Gasteiger charge is 2.47. The molecule has 0 radical (unpaired) electrons. The van der Waals surface area contributed by atoms with E-state index in [2.05, 4.69) is 10.3 Å². The molecule has 0 spiro atoms. The van der Waals surface area contributed by atoms with Crippen molar-refractivity contribution in [3.8, 4) is 0 Å². The van der Waals surface area contributed by atoms with Gasteiger partial charge < -0.3 is 10.2 Å². The number of benzene rings is 1. The zero-order valence-corrected chi connectivity index (χ0v) is 20.7. The maximum atomic E-state index is 13.1. The van der Waals surface area contributed by atoms with Crippen molar-refractivity contribution in [2.45, 2.75) is 62.0 Å². The van der Waals surface area contributed by atoms with Gasteiger partial charge in [0.2, 0.25) is 5.91 Å². The first kappa shape index (κ1) is 26.6. The van der Waals surface area contributed by atoms with Gasteiger partial charge in [-0.05, 0) is 61.7 Å². The summed E-state index contributed by atoms with van der Waals surface area (Å²) in [6.45, 7) is 1.52. The summed E-state index contributed by atoms with van der Waals surface area (Å²) in [7, 11) is -5.56. The molecule has 1 N–H and O–H groups in total. The highest BCUT2D eigenvalue weighted by molar-refractivity contribution is 7.92. The van der Waals surface area contributed by atoms with E-state index in [1.807, 2.05) is 0 Å². The van der Waals surface area contributed by atoms with Gasteiger partial charge in [-0.25, -0.2) is 23.1 Å². The third-order valence-electron chi connectivity index (χ3n) is 6.60. The minimum atomic E-state index is -5.56. The molecule has 1 unspecified atom stereocenters. The number of anilines is 2. The highest BCUT2D eigenvalue weighted by Crippen LogP contribution is 2.33. The Labute approximate surface area is 211 Å². The topological polar surface area (TPSA) is 117 Å². The number of alkyl halides is 3. The maximum absolute atomic E-state index is 13.1. The van der Waals surface area contributed by atoms with Crippen molar-refractivity contribution in [3.05, 3.63) is 48.2 Å². The van der Waals surface area contributed by atoms with Gasteiger partial charge in [0.15, 0.2) is 0 Å². The minimum absolute atomic E-state index is 0.0115. The number of rotatable bonds is 6. The summed E-state index contributed by atoms with van der Waals surface area (Å²) in [6.07, 6.45) is 6.26. The van der Waals surface area contributed by atoms with E-state index in [1.165, 1.54) is 18.0 Å². The molecular formula is C24H25F3N4O5S. The van der Waals surface area contributed by atoms with Crippen LogP contribution in [0.1, 0.15) is 44.6 Å². The van der Waals surface area contributed by atoms with Crippen molar-refractivity contribution in [3.63, 3.8) is 0 Å². The fraction of sp³-hybridized carbons (Fsp3) is 0.417. The molecular weight excluding hydrogens is 513 g/mol. The SMILES string of the molecule is CC1C(=O)N(c2ccc(S(=O)(=O)C(F)(F)F)cc2)C(=O)N1Cc1ccnc(NC(=O)C2CCCCC2)c1. The van der Waals surface area contributed by atoms with Crippen molar-refractivity contribution in [2.75, 3.05) is 10.2 Å². The second-order valence-corrected chi connectivity index (χ2v) is 11.0. The van der Waals surface area contributed by atoms with Crippen LogP contribution in [-0.2, 0) is 26.0 Å². The Morgan fingerprint density at radius 2 is 1.73 bits per heavy atom. The fourth-order valence-corrected chi connectivity index (χ4v) is 5.25. The maximum Gasteiger partial charge on any atom is 0.501 e. The molecule has 1 aliphatic heterocycles. The highest BCUT2D eigenvalue weighted by atomic mass is 32.2. The van der Waals surface area contributed by atoms with Crippen molar-refractivity contribution >= 4 is 39.2 Å². The molecule has 2 aliphatic rings. The number of nitrogens with zero attached hydrogens (tertiary/aromatic N) is 3. The van der Waals surface area contributed by atoms with Crippen LogP contribution >= 0.6 is 0 Å². The smallest absolute Gasteiger partial charge is 0.310 e. The number of halogens is 3. The van der Waals surface area contributed by atoms with Gasteiger partial charge in [0.05, 0.1) is 10.6 Å². The average Bonchev–Trinajstić information content (AvgIpc) is 3.07. The van der Waals surface area contributed by atoms with Gasteiger partial charge in [0, 0.05) is 18.7 Å². The summed E-state index contributed by atoms with van der Waals surface area (Å²) in [5.74, 6) is -0.455. The van der Waals surface area contributed by atoms with Crippen molar-refractivity contribution in [2.24, 2.45) is 5.92 Å². The number of carbonyl (C=O) groups is 3. The standard InChI is InChI=1S/C24H25F3N4O5S/c1-15-22(33)31(18-7-9-19(10-8-18)37(35,36)24(25,26)27)23(34)30(15)14-16-11-12-28-20(13-16)29-21(32)17-5-3-2-4-6-17/h7-13,15,17H,2-6,14H2,1H3,(H,28,29,32). The zero-order chi connectivity index (χ0) is 27.0. The molecule has 2 aromatic rings. The monoisotopic (exact) mass is 538 g/mol. The van der Waals surface area contributed by atoms with E-state index in [0.29, 0.717) is 23.5 Å². The van der Waals surface area contributed by atoms with E-state index in [-0.39, 0.29) is 24.1 Å². The van der Waals surface area contributed by atoms with Gasteiger partial charge >= 0.3 is 11.5 Å². The van der Waals surface area contributed by atoms with Crippen molar-refractivity contribution < 1.29 is 36.0 Å². The van der Waals surface area contributed by atoms with Gasteiger partial charge in [-0.15, -0.1) is 0 Å². The number of hydrogen-bond acceptors (Lipinski definition) is 6. The minimum Gasteiger partial charge on any atom is -0.310 e. The van der Waals surface area contributed by atoms with E-state index in [1.54, 1.807) is 12.1 Å². The molecule has 1 saturated carbocycles. The molecule has 13 heteroatoms. The Morgan fingerprint density at radius 3 is 2.35 bits per heavy atom. The molecule has 1 aromatic carbocycles. The molecule has 2 fully saturated rings. The molecule has 1 aliphatic carbocycles. The normalized spacial score (nSPS) is 19.4. The van der Waals surface area contributed by atoms with Crippen molar-refractivity contribution in [1.29, 1.82) is 0 Å². The lowest BCUT2D eigenvalue weighted by Gasteiger charge is -2.21. The van der Waals surface area contributed by atoms with Crippen LogP contribution in [0.5, 0.6) is 0 Å². The summed E-state index contributed by atoms with van der Waals surface area (Å²) in [5, 5.41) is 2.81. The molecule has 37 heavy (non-hydrogen) atoms. The summed E-state index contributed by atoms with van der Waals surface area (Å²) < 4.78 is 61.6. The third kappa shape index (κ3) is 5.31. The molecule has 198 valence electrons. The van der Waals surface area contributed by atoms with Crippen LogP contribution in [0.3, 0.4) is 0 Å². The summed E-state index contributed by atoms with van der Waals surface area (Å²) in [6, 6.07) is 5.02. The van der Waals surface area contributed by atoms with Crippen molar-refractivity contribution in [1.82, 2.24) is 9.88 Å². The quantitative estimate of drug-likeness (QED) is 0.550. The number of urea groups is 1. The first-order valence-corrected chi connectivity index (χ1v) is 13.2. The summed E-state index contributed by atoms with van der Waals surface area (Å²) >= 11 is 0. The van der Waals surface area contributed by atoms with Crippen LogP contribution < -0.4 is 10.2 Å². The Kier molecular flexibility index (Phi) is 7.27. The molecule has 1 saturated heterocycles. The summed E-state index contributed by atoms with van der Waals surface area (Å²) in [4.78, 5) is 43.7. The molecule has 4 rings (SSSR count). The Balaban J connectivity index is 1.48. The molecule has 4 amide bonds. The van der Waals surface area contributed by atoms with Crippen LogP contribution in [0.15, 0.2) is 47.5 Å². The Morgan fingerprint density at radius 1 is 1.08 bits per heavy atom. The van der Waals surface area contributed by atoms with E-state index in [4.69, 9.17) is 0 Å². The Bertz CT molecular complexity index is 1310. The number of pyridine rings is 1. The third-order valence-corrected chi connectivity index (χ3v) is 8.10. The molecule has 2 heterocycles. The molecule has 0 bridgehead atoms. The number of nitrogens with one attached hydrogen (secondary N) is 1. The predicted molar refractivity (Wildman–Crippen MR) is 127 cm³/mol. The van der Waals surface area contributed by atoms with E-state index in [0.717, 1.165) is 49.1 Å². The second-order valence-electron chi connectivity index (χ2n) is 9.08. The van der Waals surface area contributed by atoms with Gasteiger partial charge in [-0.3, -0.25) is 9.59 Å². The van der Waals surface area contributed by atoms with Crippen LogP contribution in [0.25, 0.3) is 0 Å². The first-order valence-electron chi connectivity index (χ1n) is 11.7. The van der Waals surface area contributed by atoms with Crippen LogP contribution in [0.2, 0.25) is 0 Å². The first-order chi connectivity index (χ1) is 17.4. The van der Waals surface area contributed by atoms with E-state index >= 15 is 0 Å². The van der Waals surface area contributed by atoms with E-state index in [9.17, 15) is 36.0 Å². The fourth-order valence-electron chi connectivity index (χ4n) is 4.49. The number of amides is 4. The number of carbonyl (C=O) groups excluding carboxylic acids is 3. The van der Waals surface area contributed by atoms with Gasteiger partial charge in [-0.2, -0.15) is 13.2 Å². The number of aromatic nitrogens is 1. The molecule has 1 atom stereocenters. The van der Waals surface area contributed by atoms with Gasteiger partial charge in [-0.1, -0.05) is 19.3 Å². The van der Waals surface area contributed by atoms with Crippen LogP contribution in [0, 0.1) is 5.92 Å². The zero-order valence-electron chi connectivity index (χ0n) is 19.9. The van der Waals surface area contributed by atoms with Gasteiger partial charge in [0.1, 0.15) is 11.9 Å². The lowest BCUT2D eigenvalue weighted by atomic mass is 9.89. The van der Waals surface area contributed by atoms with Crippen LogP contribution in [0.4, 0.5) is 29.5 Å². The Hall–Kier alpha value is -3.48. The number of imide groups is 1. The summed E-state index contributed by atoms with van der Waals surface area (Å²) in [5.41, 5.74) is -4.92. The average molecular weight is 539 g/mol. The predicted octanol–water partition coefficient (Wildman–Crippen LogP) is 4.25. The molecule has 9 nitrogen and oxygen atoms in total. The lowest BCUT2D eigenvalue weighted by molar-refractivity contribution is -0.121. The van der Waals surface area contributed by atoms with Crippen LogP contribution in [-0.4, -0.2) is 47.7 Å². The number of hydrogen-bond donors (Lipinski definition) is 1.